The van der Waals surface area contributed by atoms with Gasteiger partial charge >= 0.3 is 0 Å². The van der Waals surface area contributed by atoms with Crippen LogP contribution in [0.15, 0.2) is 78.5 Å². The Morgan fingerprint density at radius 2 is 2.00 bits per heavy atom. The number of carbonyl (C=O) groups excluding carboxylic acids is 1. The lowest BCUT2D eigenvalue weighted by Gasteiger charge is -2.15. The Hall–Kier alpha value is -4.20. The number of amides is 1. The molecule has 4 aromatic rings. The molecule has 0 saturated heterocycles. The number of carbonyl (C=O) groups is 1. The molecular weight excluding hydrogens is 418 g/mol. The van der Waals surface area contributed by atoms with E-state index in [1.54, 1.807) is 30.9 Å². The Kier molecular flexibility index (Phi) is 5.72. The van der Waals surface area contributed by atoms with E-state index < -0.39 is 0 Å². The van der Waals surface area contributed by atoms with Crippen LogP contribution in [0.4, 0.5) is 0 Å². The van der Waals surface area contributed by atoms with E-state index in [0.29, 0.717) is 25.1 Å². The van der Waals surface area contributed by atoms with Crippen molar-refractivity contribution in [2.75, 3.05) is 13.2 Å². The second-order valence-electron chi connectivity index (χ2n) is 7.83. The normalized spacial score (nSPS) is 15.2. The van der Waals surface area contributed by atoms with Crippen LogP contribution in [0.3, 0.4) is 0 Å². The number of benzene rings is 1. The lowest BCUT2D eigenvalue weighted by Crippen LogP contribution is -2.30. The number of para-hydroxylation sites is 1. The number of fused-ring (bicyclic) bond motifs is 1. The molecule has 5 rings (SSSR count). The zero-order valence-electron chi connectivity index (χ0n) is 18.1. The Morgan fingerprint density at radius 1 is 1.12 bits per heavy atom. The highest BCUT2D eigenvalue weighted by Gasteiger charge is 2.23. The molecule has 0 radical (unpaired) electrons. The molecule has 33 heavy (non-hydrogen) atoms. The molecule has 1 unspecified atom stereocenters. The molecule has 1 aliphatic heterocycles. The van der Waals surface area contributed by atoms with E-state index in [2.05, 4.69) is 20.4 Å². The molecule has 166 valence electrons. The number of pyridine rings is 2. The second kappa shape index (κ2) is 9.12. The van der Waals surface area contributed by atoms with Gasteiger partial charge < -0.3 is 19.3 Å². The molecule has 0 aliphatic carbocycles. The highest BCUT2D eigenvalue weighted by molar-refractivity contribution is 5.98. The van der Waals surface area contributed by atoms with Crippen molar-refractivity contribution in [3.63, 3.8) is 0 Å². The van der Waals surface area contributed by atoms with E-state index in [1.807, 2.05) is 53.8 Å². The summed E-state index contributed by atoms with van der Waals surface area (Å²) in [6.07, 6.45) is 7.42. The second-order valence-corrected chi connectivity index (χ2v) is 7.83. The lowest BCUT2D eigenvalue weighted by molar-refractivity contribution is 0.0472. The Labute approximate surface area is 190 Å². The maximum Gasteiger partial charge on any atom is 0.253 e. The molecule has 0 fully saturated rings. The molecule has 3 aromatic heterocycles. The standard InChI is InChI=1S/C25H23N5O3/c1-17-21(6-4-10-26-17)22-5-2-3-7-23(22)32-16-20-13-19(29-33-20)14-28-25(31)18-8-9-24-27-11-12-30(24)15-18/h2-12,15,20H,13-14,16H2,1H3,(H,28,31). The minimum absolute atomic E-state index is 0.172. The summed E-state index contributed by atoms with van der Waals surface area (Å²) in [5.74, 6) is 0.600. The molecule has 1 aromatic carbocycles. The summed E-state index contributed by atoms with van der Waals surface area (Å²) in [6, 6.07) is 15.4. The van der Waals surface area contributed by atoms with E-state index in [4.69, 9.17) is 9.57 Å². The van der Waals surface area contributed by atoms with E-state index in [-0.39, 0.29) is 12.0 Å². The van der Waals surface area contributed by atoms with Crippen LogP contribution in [0.1, 0.15) is 22.5 Å². The first-order valence-electron chi connectivity index (χ1n) is 10.7. The Morgan fingerprint density at radius 3 is 2.91 bits per heavy atom. The largest absolute Gasteiger partial charge is 0.489 e. The van der Waals surface area contributed by atoms with Crippen LogP contribution in [0.5, 0.6) is 5.75 Å². The van der Waals surface area contributed by atoms with Gasteiger partial charge in [0.25, 0.3) is 5.91 Å². The van der Waals surface area contributed by atoms with Crippen LogP contribution in [0.2, 0.25) is 0 Å². The number of rotatable bonds is 7. The van der Waals surface area contributed by atoms with Gasteiger partial charge in [0.15, 0.2) is 6.10 Å². The number of ether oxygens (including phenoxy) is 1. The SMILES string of the molecule is Cc1ncccc1-c1ccccc1OCC1CC(CNC(=O)c2ccc3nccn3c2)=NO1. The molecule has 1 atom stereocenters. The third-order valence-corrected chi connectivity index (χ3v) is 5.51. The molecule has 0 spiro atoms. The zero-order chi connectivity index (χ0) is 22.6. The predicted octanol–water partition coefficient (Wildman–Crippen LogP) is 3.66. The number of hydrogen-bond acceptors (Lipinski definition) is 6. The maximum atomic E-state index is 12.5. The molecule has 0 saturated carbocycles. The summed E-state index contributed by atoms with van der Waals surface area (Å²) in [6.45, 7) is 2.66. The van der Waals surface area contributed by atoms with Crippen molar-refractivity contribution in [3.05, 3.63) is 84.6 Å². The minimum atomic E-state index is -0.206. The summed E-state index contributed by atoms with van der Waals surface area (Å²) in [4.78, 5) is 26.6. The fraction of sp³-hybridized carbons (Fsp3) is 0.200. The van der Waals surface area contributed by atoms with E-state index in [1.165, 1.54) is 0 Å². The van der Waals surface area contributed by atoms with Crippen molar-refractivity contribution in [2.45, 2.75) is 19.4 Å². The van der Waals surface area contributed by atoms with E-state index >= 15 is 0 Å². The fourth-order valence-electron chi connectivity index (χ4n) is 3.79. The Balaban J connectivity index is 1.15. The first-order valence-corrected chi connectivity index (χ1v) is 10.7. The number of hydrogen-bond donors (Lipinski definition) is 1. The van der Waals surface area contributed by atoms with E-state index in [0.717, 1.165) is 33.9 Å². The molecule has 1 aliphatic rings. The van der Waals surface area contributed by atoms with Crippen LogP contribution in [0.25, 0.3) is 16.8 Å². The van der Waals surface area contributed by atoms with Gasteiger partial charge in [-0.3, -0.25) is 9.78 Å². The molecule has 0 bridgehead atoms. The number of imidazole rings is 1. The quantitative estimate of drug-likeness (QED) is 0.473. The topological polar surface area (TPSA) is 90.1 Å². The highest BCUT2D eigenvalue weighted by Crippen LogP contribution is 2.31. The molecule has 1 amide bonds. The van der Waals surface area contributed by atoms with Crippen molar-refractivity contribution in [2.24, 2.45) is 5.16 Å². The fourth-order valence-corrected chi connectivity index (χ4v) is 3.79. The van der Waals surface area contributed by atoms with Gasteiger partial charge in [0.2, 0.25) is 0 Å². The molecule has 8 heteroatoms. The van der Waals surface area contributed by atoms with E-state index in [9.17, 15) is 4.79 Å². The summed E-state index contributed by atoms with van der Waals surface area (Å²) < 4.78 is 7.89. The third kappa shape index (κ3) is 4.55. The Bertz CT molecular complexity index is 1330. The summed E-state index contributed by atoms with van der Waals surface area (Å²) in [5, 5.41) is 7.03. The van der Waals surface area contributed by atoms with Gasteiger partial charge in [-0.2, -0.15) is 0 Å². The zero-order valence-corrected chi connectivity index (χ0v) is 18.1. The van der Waals surface area contributed by atoms with Crippen molar-refractivity contribution in [1.29, 1.82) is 0 Å². The van der Waals surface area contributed by atoms with Crippen LogP contribution >= 0.6 is 0 Å². The van der Waals surface area contributed by atoms with Gasteiger partial charge in [0.1, 0.15) is 18.0 Å². The van der Waals surface area contributed by atoms with Gasteiger partial charge in [-0.15, -0.1) is 0 Å². The number of aromatic nitrogens is 3. The number of nitrogens with zero attached hydrogens (tertiary/aromatic N) is 4. The lowest BCUT2D eigenvalue weighted by atomic mass is 10.0. The summed E-state index contributed by atoms with van der Waals surface area (Å²) in [7, 11) is 0. The average Bonchev–Trinajstić information content (AvgIpc) is 3.50. The van der Waals surface area contributed by atoms with Gasteiger partial charge in [0.05, 0.1) is 17.8 Å². The van der Waals surface area contributed by atoms with Crippen LogP contribution < -0.4 is 10.1 Å². The van der Waals surface area contributed by atoms with Crippen LogP contribution in [0, 0.1) is 6.92 Å². The first-order chi connectivity index (χ1) is 16.2. The molecule has 1 N–H and O–H groups in total. The summed E-state index contributed by atoms with van der Waals surface area (Å²) in [5.41, 5.74) is 5.10. The first kappa shape index (κ1) is 20.7. The minimum Gasteiger partial charge on any atom is -0.489 e. The van der Waals surface area contributed by atoms with Crippen molar-refractivity contribution in [3.8, 4) is 16.9 Å². The number of oxime groups is 1. The van der Waals surface area contributed by atoms with Crippen molar-refractivity contribution in [1.82, 2.24) is 19.7 Å². The number of aryl methyl sites for hydroxylation is 1. The van der Waals surface area contributed by atoms with Gasteiger partial charge in [0, 0.05) is 48.0 Å². The van der Waals surface area contributed by atoms with Gasteiger partial charge in [-0.05, 0) is 31.2 Å². The van der Waals surface area contributed by atoms with Crippen LogP contribution in [-0.4, -0.2) is 45.2 Å². The molecule has 4 heterocycles. The van der Waals surface area contributed by atoms with Crippen molar-refractivity contribution >= 4 is 17.3 Å². The smallest absolute Gasteiger partial charge is 0.253 e. The van der Waals surface area contributed by atoms with Crippen molar-refractivity contribution < 1.29 is 14.4 Å². The van der Waals surface area contributed by atoms with Crippen LogP contribution in [-0.2, 0) is 4.84 Å². The molecular formula is C25H23N5O3. The highest BCUT2D eigenvalue weighted by atomic mass is 16.7. The maximum absolute atomic E-state index is 12.5. The van der Waals surface area contributed by atoms with Gasteiger partial charge in [-0.25, -0.2) is 4.98 Å². The third-order valence-electron chi connectivity index (χ3n) is 5.51. The predicted molar refractivity (Wildman–Crippen MR) is 124 cm³/mol. The average molecular weight is 441 g/mol. The molecule has 8 nitrogen and oxygen atoms in total. The summed E-state index contributed by atoms with van der Waals surface area (Å²) >= 11 is 0. The van der Waals surface area contributed by atoms with Gasteiger partial charge in [-0.1, -0.05) is 29.4 Å². The number of nitrogens with one attached hydrogen (secondary N) is 1. The monoisotopic (exact) mass is 441 g/mol.